The Labute approximate surface area is 411 Å². The Hall–Kier alpha value is -2.07. The van der Waals surface area contributed by atoms with E-state index in [1.54, 1.807) is 18.9 Å². The van der Waals surface area contributed by atoms with E-state index in [-0.39, 0.29) is 28.9 Å². The number of carbonyl (C=O) groups is 1. The molecule has 11 heteroatoms. The van der Waals surface area contributed by atoms with Crippen LogP contribution in [0.25, 0.3) is 0 Å². The normalized spacial score (nSPS) is 15.0. The fourth-order valence-electron chi connectivity index (χ4n) is 9.84. The van der Waals surface area contributed by atoms with Gasteiger partial charge in [-0.05, 0) is 107 Å². The van der Waals surface area contributed by atoms with Crippen LogP contribution in [0.3, 0.4) is 0 Å². The van der Waals surface area contributed by atoms with Gasteiger partial charge in [0.2, 0.25) is 0 Å². The highest BCUT2D eigenvalue weighted by Gasteiger charge is 2.53. The largest absolute Gasteiger partial charge is 0.497 e. The quantitative estimate of drug-likeness (QED) is 0.0328. The molecular weight excluding hydrogens is 889 g/mol. The molecule has 0 bridgehead atoms. The maximum atomic E-state index is 14.4. The fraction of sp³-hybridized carbons (Fsp3) is 0.655. The Morgan fingerprint density at radius 3 is 1.73 bits per heavy atom. The summed E-state index contributed by atoms with van der Waals surface area (Å²) in [6, 6.07) is 36.2. The maximum absolute atomic E-state index is 14.4. The molecule has 7 nitrogen and oxygen atoms in total. The molecule has 0 fully saturated rings. The third-order valence-electron chi connectivity index (χ3n) is 14.8. The summed E-state index contributed by atoms with van der Waals surface area (Å²) in [6.45, 7) is 26.9. The number of ether oxygens (including phenoxy) is 3. The van der Waals surface area contributed by atoms with E-state index in [0.717, 1.165) is 79.7 Å². The summed E-state index contributed by atoms with van der Waals surface area (Å²) >= 11 is 1.70. The predicted molar refractivity (Wildman–Crippen MR) is 289 cm³/mol. The molecule has 3 rings (SSSR count). The number of hydrogen-bond acceptors (Lipinski definition) is 8. The highest BCUT2D eigenvalue weighted by atomic mass is 32.2. The van der Waals surface area contributed by atoms with Gasteiger partial charge in [0, 0.05) is 25.6 Å². The third-order valence-corrected chi connectivity index (χ3v) is 29.5. The smallest absolute Gasteiger partial charge is 0.261 e. The van der Waals surface area contributed by atoms with Crippen LogP contribution in [-0.4, -0.2) is 81.1 Å². The van der Waals surface area contributed by atoms with Gasteiger partial charge in [-0.1, -0.05) is 162 Å². The van der Waals surface area contributed by atoms with Crippen LogP contribution in [0.15, 0.2) is 84.9 Å². The molecule has 3 aromatic rings. The summed E-state index contributed by atoms with van der Waals surface area (Å²) in [6.07, 6.45) is 7.79. The first-order valence-corrected chi connectivity index (χ1v) is 34.0. The fourth-order valence-corrected chi connectivity index (χ4v) is 20.6. The summed E-state index contributed by atoms with van der Waals surface area (Å²) in [5.74, 6) is 1.88. The molecular formula is C55H92O7SSi3. The molecule has 0 aliphatic heterocycles. The van der Waals surface area contributed by atoms with Crippen LogP contribution in [0, 0.1) is 5.92 Å². The van der Waals surface area contributed by atoms with Crippen LogP contribution in [0.4, 0.5) is 0 Å². The van der Waals surface area contributed by atoms with E-state index in [9.17, 15) is 4.79 Å². The van der Waals surface area contributed by atoms with Crippen LogP contribution < -0.4 is 15.1 Å². The lowest BCUT2D eigenvalue weighted by Gasteiger charge is -2.48. The van der Waals surface area contributed by atoms with Crippen molar-refractivity contribution in [2.45, 2.75) is 193 Å². The van der Waals surface area contributed by atoms with E-state index in [1.807, 2.05) is 12.1 Å². The number of carbonyl (C=O) groups excluding carboxylic acids is 1. The molecule has 3 aromatic carbocycles. The Balaban J connectivity index is 1.97. The van der Waals surface area contributed by atoms with Crippen LogP contribution in [0.5, 0.6) is 5.75 Å². The zero-order valence-electron chi connectivity index (χ0n) is 43.8. The Morgan fingerprint density at radius 1 is 0.697 bits per heavy atom. The molecule has 0 aliphatic rings. The van der Waals surface area contributed by atoms with E-state index in [1.165, 1.54) is 10.4 Å². The van der Waals surface area contributed by atoms with Gasteiger partial charge in [0.05, 0.1) is 38.0 Å². The topological polar surface area (TPSA) is 72.5 Å². The van der Waals surface area contributed by atoms with Crippen molar-refractivity contribution >= 4 is 52.9 Å². The van der Waals surface area contributed by atoms with Crippen LogP contribution in [0.2, 0.25) is 41.3 Å². The lowest BCUT2D eigenvalue weighted by Crippen LogP contribution is -2.68. The Kier molecular flexibility index (Phi) is 25.8. The average molecular weight is 982 g/mol. The van der Waals surface area contributed by atoms with E-state index in [2.05, 4.69) is 155 Å². The molecule has 372 valence electrons. The molecule has 0 saturated carbocycles. The SMILES string of the molecule is CCCC[C@](CCC(=O)CC[C@H](C)[C@@H](CCOCc1ccc(OC)cc1)O[Si](CC)(CC)CC)(OCSC)[C@H](CO[Si](c1ccccc1)(c1ccccc1)C(C)(C)C)O[Si](CC)(CC)CC. The summed E-state index contributed by atoms with van der Waals surface area (Å²) in [5, 5.41) is 2.32. The van der Waals surface area contributed by atoms with Gasteiger partial charge in [0.25, 0.3) is 8.32 Å². The monoisotopic (exact) mass is 981 g/mol. The molecule has 0 spiro atoms. The average Bonchev–Trinajstić information content (AvgIpc) is 3.35. The molecule has 66 heavy (non-hydrogen) atoms. The van der Waals surface area contributed by atoms with Crippen molar-refractivity contribution in [1.82, 2.24) is 0 Å². The van der Waals surface area contributed by atoms with E-state index < -0.39 is 30.6 Å². The van der Waals surface area contributed by atoms with Crippen molar-refractivity contribution in [3.05, 3.63) is 90.5 Å². The van der Waals surface area contributed by atoms with Gasteiger partial charge in [0.1, 0.15) is 11.5 Å². The summed E-state index contributed by atoms with van der Waals surface area (Å²) in [5.41, 5.74) is 0.433. The Morgan fingerprint density at radius 2 is 1.24 bits per heavy atom. The van der Waals surface area contributed by atoms with Gasteiger partial charge in [-0.15, -0.1) is 11.8 Å². The van der Waals surface area contributed by atoms with Gasteiger partial charge >= 0.3 is 0 Å². The zero-order valence-corrected chi connectivity index (χ0v) is 47.6. The lowest BCUT2D eigenvalue weighted by atomic mass is 9.84. The minimum atomic E-state index is -2.91. The van der Waals surface area contributed by atoms with Crippen LogP contribution in [0.1, 0.15) is 133 Å². The number of Topliss-reactive ketones (excluding diaryl/α,β-unsaturated/α-hetero) is 1. The van der Waals surface area contributed by atoms with E-state index >= 15 is 0 Å². The first-order valence-electron chi connectivity index (χ1n) is 25.6. The van der Waals surface area contributed by atoms with Gasteiger partial charge in [-0.3, -0.25) is 4.79 Å². The third kappa shape index (κ3) is 16.3. The van der Waals surface area contributed by atoms with E-state index in [0.29, 0.717) is 45.0 Å². The van der Waals surface area contributed by atoms with Crippen molar-refractivity contribution in [2.24, 2.45) is 5.92 Å². The number of ketones is 1. The second-order valence-electron chi connectivity index (χ2n) is 19.7. The summed E-state index contributed by atoms with van der Waals surface area (Å²) in [4.78, 5) is 14.4. The molecule has 0 saturated heterocycles. The predicted octanol–water partition coefficient (Wildman–Crippen LogP) is 14.0. The minimum absolute atomic E-state index is 0.0420. The second-order valence-corrected chi connectivity index (χ2v) is 34.3. The molecule has 0 heterocycles. The molecule has 0 unspecified atom stereocenters. The summed E-state index contributed by atoms with van der Waals surface area (Å²) < 4.78 is 41.5. The first kappa shape index (κ1) is 58.2. The first-order chi connectivity index (χ1) is 31.7. The van der Waals surface area contributed by atoms with Crippen molar-refractivity contribution in [3.8, 4) is 5.75 Å². The van der Waals surface area contributed by atoms with Gasteiger partial charge in [0.15, 0.2) is 16.6 Å². The lowest BCUT2D eigenvalue weighted by molar-refractivity contribution is -0.134. The van der Waals surface area contributed by atoms with Gasteiger partial charge in [-0.25, -0.2) is 0 Å². The number of methoxy groups -OCH3 is 1. The minimum Gasteiger partial charge on any atom is -0.497 e. The maximum Gasteiger partial charge on any atom is 0.261 e. The van der Waals surface area contributed by atoms with Crippen molar-refractivity contribution in [1.29, 1.82) is 0 Å². The molecule has 0 aliphatic carbocycles. The van der Waals surface area contributed by atoms with Gasteiger partial charge in [-0.2, -0.15) is 0 Å². The van der Waals surface area contributed by atoms with Crippen molar-refractivity contribution < 1.29 is 32.3 Å². The Bertz CT molecular complexity index is 1690. The molecule has 4 atom stereocenters. The molecule has 0 N–H and O–H groups in total. The van der Waals surface area contributed by atoms with Crippen molar-refractivity contribution in [2.75, 3.05) is 32.5 Å². The number of benzene rings is 3. The number of rotatable bonds is 35. The van der Waals surface area contributed by atoms with E-state index in [4.69, 9.17) is 27.5 Å². The summed E-state index contributed by atoms with van der Waals surface area (Å²) in [7, 11) is -5.34. The highest BCUT2D eigenvalue weighted by molar-refractivity contribution is 7.98. The highest BCUT2D eigenvalue weighted by Crippen LogP contribution is 2.41. The zero-order chi connectivity index (χ0) is 48.7. The van der Waals surface area contributed by atoms with Crippen molar-refractivity contribution in [3.63, 3.8) is 0 Å². The molecule has 0 aromatic heterocycles. The number of unbranched alkanes of at least 4 members (excludes halogenated alkanes) is 1. The standard InChI is InChI=1S/C55H92O7SSi3/c1-14-21-40-55(59-45-63-13,41-38-48(56)35-32-46(8)52(61-64(15-2,16-3)17-4)39-42-58-43-47-33-36-49(57-12)37-34-47)53(62-65(18-5,19-6)20-7)44-60-66(54(9,10)11,50-28-24-22-25-29-50)51-30-26-23-27-31-51/h22-31,33-34,36-37,46,52-53H,14-21,32,35,38-45H2,1-13H3/t46-,52+,53-,55+/m0/s1. The van der Waals surface area contributed by atoms with Gasteiger partial charge < -0.3 is 27.5 Å². The second kappa shape index (κ2) is 29.2. The molecule has 0 radical (unpaired) electrons. The van der Waals surface area contributed by atoms with Crippen LogP contribution >= 0.6 is 11.8 Å². The molecule has 0 amide bonds. The number of hydrogen-bond donors (Lipinski definition) is 0. The number of thioether (sulfide) groups is 1. The van der Waals surface area contributed by atoms with Crippen LogP contribution in [-0.2, 0) is 34.2 Å².